The Hall–Kier alpha value is -1.75. The number of carbonyl (C=O) groups excluding carboxylic acids is 1. The van der Waals surface area contributed by atoms with Gasteiger partial charge in [-0.2, -0.15) is 0 Å². The van der Waals surface area contributed by atoms with E-state index in [0.29, 0.717) is 23.7 Å². The highest BCUT2D eigenvalue weighted by atomic mass is 16.5. The lowest BCUT2D eigenvalue weighted by Crippen LogP contribution is -2.48. The summed E-state index contributed by atoms with van der Waals surface area (Å²) in [5.41, 5.74) is 0.653. The molecule has 0 saturated carbocycles. The number of carbonyl (C=O) groups is 1. The summed E-state index contributed by atoms with van der Waals surface area (Å²) < 4.78 is 10.8. The van der Waals surface area contributed by atoms with Crippen molar-refractivity contribution in [3.8, 4) is 11.5 Å². The van der Waals surface area contributed by atoms with Crippen molar-refractivity contribution in [3.63, 3.8) is 0 Å². The zero-order valence-electron chi connectivity index (χ0n) is 13.1. The monoisotopic (exact) mass is 292 g/mol. The average Bonchev–Trinajstić information content (AvgIpc) is 2.55. The van der Waals surface area contributed by atoms with E-state index in [1.54, 1.807) is 19.2 Å². The fourth-order valence-corrected chi connectivity index (χ4v) is 2.53. The molecule has 1 aromatic rings. The molecule has 1 saturated heterocycles. The van der Waals surface area contributed by atoms with Crippen LogP contribution in [0.1, 0.15) is 24.2 Å². The highest BCUT2D eigenvalue weighted by Crippen LogP contribution is 2.28. The minimum atomic E-state index is 0.0621. The predicted octanol–water partition coefficient (Wildman–Crippen LogP) is 1.87. The summed E-state index contributed by atoms with van der Waals surface area (Å²) in [6, 6.07) is 5.37. The molecule has 1 amide bonds. The molecule has 0 atom stereocenters. The first kappa shape index (κ1) is 15.6. The Morgan fingerprint density at radius 2 is 1.86 bits per heavy atom. The van der Waals surface area contributed by atoms with Crippen LogP contribution >= 0.6 is 0 Å². The molecular weight excluding hydrogens is 268 g/mol. The number of likely N-dealkylation sites (N-methyl/N-ethyl adjacent to an activating group) is 1. The predicted molar refractivity (Wildman–Crippen MR) is 82.2 cm³/mol. The second-order valence-corrected chi connectivity index (χ2v) is 5.03. The molecule has 0 unspecified atom stereocenters. The van der Waals surface area contributed by atoms with E-state index in [4.69, 9.17) is 9.47 Å². The number of hydrogen-bond acceptors (Lipinski definition) is 4. The lowest BCUT2D eigenvalue weighted by Gasteiger charge is -2.34. The second kappa shape index (κ2) is 7.31. The van der Waals surface area contributed by atoms with Gasteiger partial charge in [0.05, 0.1) is 13.7 Å². The third kappa shape index (κ3) is 3.67. The van der Waals surface area contributed by atoms with Crippen LogP contribution in [0.5, 0.6) is 11.5 Å². The SMILES string of the molecule is CCOc1ccc(C(=O)N2CCN(CC)CC2)cc1OC. The summed E-state index contributed by atoms with van der Waals surface area (Å²) in [7, 11) is 1.59. The van der Waals surface area contributed by atoms with Gasteiger partial charge < -0.3 is 19.3 Å². The van der Waals surface area contributed by atoms with Gasteiger partial charge in [-0.15, -0.1) is 0 Å². The number of amides is 1. The highest BCUT2D eigenvalue weighted by Gasteiger charge is 2.22. The van der Waals surface area contributed by atoms with Crippen molar-refractivity contribution in [2.24, 2.45) is 0 Å². The van der Waals surface area contributed by atoms with Crippen LogP contribution < -0.4 is 9.47 Å². The number of rotatable bonds is 5. The smallest absolute Gasteiger partial charge is 0.254 e. The normalized spacial score (nSPS) is 15.9. The first-order valence-electron chi connectivity index (χ1n) is 7.52. The van der Waals surface area contributed by atoms with E-state index in [1.807, 2.05) is 17.9 Å². The third-order valence-electron chi connectivity index (χ3n) is 3.82. The number of nitrogens with zero attached hydrogens (tertiary/aromatic N) is 2. The molecule has 0 spiro atoms. The Morgan fingerprint density at radius 1 is 1.14 bits per heavy atom. The van der Waals surface area contributed by atoms with E-state index in [0.717, 1.165) is 32.7 Å². The molecule has 0 bridgehead atoms. The summed E-state index contributed by atoms with van der Waals surface area (Å²) in [5, 5.41) is 0. The van der Waals surface area contributed by atoms with Gasteiger partial charge >= 0.3 is 0 Å². The summed E-state index contributed by atoms with van der Waals surface area (Å²) >= 11 is 0. The molecule has 0 aliphatic carbocycles. The van der Waals surface area contributed by atoms with Crippen LogP contribution in [0.25, 0.3) is 0 Å². The minimum Gasteiger partial charge on any atom is -0.493 e. The highest BCUT2D eigenvalue weighted by molar-refractivity contribution is 5.95. The summed E-state index contributed by atoms with van der Waals surface area (Å²) in [6.45, 7) is 9.12. The quantitative estimate of drug-likeness (QED) is 0.831. The van der Waals surface area contributed by atoms with Gasteiger partial charge in [0.1, 0.15) is 0 Å². The zero-order valence-corrected chi connectivity index (χ0v) is 13.1. The van der Waals surface area contributed by atoms with E-state index in [2.05, 4.69) is 11.8 Å². The summed E-state index contributed by atoms with van der Waals surface area (Å²) in [5.74, 6) is 1.34. The van der Waals surface area contributed by atoms with E-state index in [1.165, 1.54) is 0 Å². The zero-order chi connectivity index (χ0) is 15.2. The van der Waals surface area contributed by atoms with Crippen molar-refractivity contribution in [3.05, 3.63) is 23.8 Å². The molecule has 1 fully saturated rings. The second-order valence-electron chi connectivity index (χ2n) is 5.03. The Morgan fingerprint density at radius 3 is 2.43 bits per heavy atom. The Bertz CT molecular complexity index is 482. The van der Waals surface area contributed by atoms with Gasteiger partial charge in [0.25, 0.3) is 5.91 Å². The van der Waals surface area contributed by atoms with Gasteiger partial charge in [-0.1, -0.05) is 6.92 Å². The maximum atomic E-state index is 12.5. The number of benzene rings is 1. The van der Waals surface area contributed by atoms with Gasteiger partial charge in [-0.25, -0.2) is 0 Å². The van der Waals surface area contributed by atoms with Crippen molar-refractivity contribution >= 4 is 5.91 Å². The van der Waals surface area contributed by atoms with Crippen molar-refractivity contribution < 1.29 is 14.3 Å². The first-order chi connectivity index (χ1) is 10.2. The number of hydrogen-bond donors (Lipinski definition) is 0. The van der Waals surface area contributed by atoms with E-state index >= 15 is 0 Å². The fraction of sp³-hybridized carbons (Fsp3) is 0.562. The van der Waals surface area contributed by atoms with Crippen LogP contribution in [-0.4, -0.2) is 62.1 Å². The third-order valence-corrected chi connectivity index (χ3v) is 3.82. The molecule has 0 radical (unpaired) electrons. The van der Waals surface area contributed by atoms with Crippen molar-refractivity contribution in [1.29, 1.82) is 0 Å². The van der Waals surface area contributed by atoms with Crippen LogP contribution in [0.2, 0.25) is 0 Å². The summed E-state index contributed by atoms with van der Waals surface area (Å²) in [6.07, 6.45) is 0. The van der Waals surface area contributed by atoms with Crippen molar-refractivity contribution in [2.45, 2.75) is 13.8 Å². The molecule has 5 heteroatoms. The lowest BCUT2D eigenvalue weighted by atomic mass is 10.1. The van der Waals surface area contributed by atoms with Crippen LogP contribution in [0.15, 0.2) is 18.2 Å². The van der Waals surface area contributed by atoms with Gasteiger partial charge in [-0.3, -0.25) is 4.79 Å². The van der Waals surface area contributed by atoms with E-state index in [9.17, 15) is 4.79 Å². The van der Waals surface area contributed by atoms with Crippen LogP contribution in [0.3, 0.4) is 0 Å². The van der Waals surface area contributed by atoms with Crippen molar-refractivity contribution in [1.82, 2.24) is 9.80 Å². The summed E-state index contributed by atoms with van der Waals surface area (Å²) in [4.78, 5) is 16.8. The Balaban J connectivity index is 2.09. The van der Waals surface area contributed by atoms with E-state index < -0.39 is 0 Å². The largest absolute Gasteiger partial charge is 0.493 e. The van der Waals surface area contributed by atoms with Gasteiger partial charge in [0, 0.05) is 31.7 Å². The number of ether oxygens (including phenoxy) is 2. The fourth-order valence-electron chi connectivity index (χ4n) is 2.53. The number of methoxy groups -OCH3 is 1. The standard InChI is InChI=1S/C16H24N2O3/c1-4-17-8-10-18(11-9-17)16(19)13-6-7-14(21-5-2)15(12-13)20-3/h6-7,12H,4-5,8-11H2,1-3H3. The molecular formula is C16H24N2O3. The van der Waals surface area contributed by atoms with E-state index in [-0.39, 0.29) is 5.91 Å². The molecule has 116 valence electrons. The van der Waals surface area contributed by atoms with Gasteiger partial charge in [0.2, 0.25) is 0 Å². The lowest BCUT2D eigenvalue weighted by molar-refractivity contribution is 0.0643. The molecule has 1 aliphatic rings. The number of piperazine rings is 1. The molecule has 21 heavy (non-hydrogen) atoms. The maximum Gasteiger partial charge on any atom is 0.254 e. The molecule has 1 aromatic carbocycles. The van der Waals surface area contributed by atoms with Gasteiger partial charge in [-0.05, 0) is 31.7 Å². The van der Waals surface area contributed by atoms with Crippen molar-refractivity contribution in [2.75, 3.05) is 46.4 Å². The molecule has 5 nitrogen and oxygen atoms in total. The molecule has 2 rings (SSSR count). The molecule has 1 heterocycles. The Kier molecular flexibility index (Phi) is 5.44. The van der Waals surface area contributed by atoms with Crippen LogP contribution in [-0.2, 0) is 0 Å². The molecule has 1 aliphatic heterocycles. The maximum absolute atomic E-state index is 12.5. The molecule has 0 aromatic heterocycles. The average molecular weight is 292 g/mol. The van der Waals surface area contributed by atoms with Crippen LogP contribution in [0, 0.1) is 0 Å². The Labute approximate surface area is 126 Å². The topological polar surface area (TPSA) is 42.0 Å². The minimum absolute atomic E-state index is 0.0621. The van der Waals surface area contributed by atoms with Crippen LogP contribution in [0.4, 0.5) is 0 Å². The first-order valence-corrected chi connectivity index (χ1v) is 7.52. The van der Waals surface area contributed by atoms with Gasteiger partial charge in [0.15, 0.2) is 11.5 Å². The molecule has 0 N–H and O–H groups in total.